The summed E-state index contributed by atoms with van der Waals surface area (Å²) in [5, 5.41) is 6.37. The molecule has 0 aliphatic carbocycles. The lowest BCUT2D eigenvalue weighted by Gasteiger charge is -2.21. The second-order valence-electron chi connectivity index (χ2n) is 7.75. The molecular formula is C22H32N4O3S. The summed E-state index contributed by atoms with van der Waals surface area (Å²) in [4.78, 5) is 4.79. The number of nitrogens with one attached hydrogen (secondary N) is 3. The van der Waals surface area contributed by atoms with E-state index in [1.807, 2.05) is 64.1 Å². The van der Waals surface area contributed by atoms with Crippen molar-refractivity contribution in [2.45, 2.75) is 44.7 Å². The molecule has 3 N–H and O–H groups in total. The molecule has 0 atom stereocenters. The first-order chi connectivity index (χ1) is 14.2. The fourth-order valence-corrected chi connectivity index (χ4v) is 4.37. The molecule has 2 rings (SSSR count). The van der Waals surface area contributed by atoms with Crippen LogP contribution in [-0.4, -0.2) is 39.6 Å². The molecule has 30 heavy (non-hydrogen) atoms. The first-order valence-electron chi connectivity index (χ1n) is 10.0. The fourth-order valence-electron chi connectivity index (χ4n) is 2.72. The zero-order valence-electron chi connectivity index (χ0n) is 18.1. The maximum atomic E-state index is 12.8. The molecule has 8 heteroatoms. The minimum absolute atomic E-state index is 0.232. The maximum Gasteiger partial charge on any atom is 0.241 e. The first kappa shape index (κ1) is 23.7. The minimum Gasteiger partial charge on any atom is -0.492 e. The summed E-state index contributed by atoms with van der Waals surface area (Å²) in [7, 11) is -3.64. The van der Waals surface area contributed by atoms with Gasteiger partial charge in [0.1, 0.15) is 12.4 Å². The number of aliphatic imine (C=N–C) groups is 1. The first-order valence-corrected chi connectivity index (χ1v) is 11.5. The topological polar surface area (TPSA) is 91.8 Å². The number of hydrogen-bond acceptors (Lipinski definition) is 4. The van der Waals surface area contributed by atoms with E-state index >= 15 is 0 Å². The molecule has 0 aliphatic rings. The van der Waals surface area contributed by atoms with Gasteiger partial charge in [0.05, 0.1) is 18.0 Å². The number of guanidine groups is 1. The van der Waals surface area contributed by atoms with Gasteiger partial charge in [-0.2, -0.15) is 0 Å². The van der Waals surface area contributed by atoms with Gasteiger partial charge in [0.2, 0.25) is 10.0 Å². The van der Waals surface area contributed by atoms with Gasteiger partial charge < -0.3 is 15.4 Å². The minimum atomic E-state index is -3.64. The molecule has 0 bridgehead atoms. The number of sulfonamides is 1. The van der Waals surface area contributed by atoms with Gasteiger partial charge in [-0.15, -0.1) is 0 Å². The van der Waals surface area contributed by atoms with E-state index in [1.165, 1.54) is 0 Å². The van der Waals surface area contributed by atoms with Gasteiger partial charge in [0.25, 0.3) is 0 Å². The summed E-state index contributed by atoms with van der Waals surface area (Å²) in [5.74, 6) is 1.41. The third kappa shape index (κ3) is 8.04. The van der Waals surface area contributed by atoms with Crippen molar-refractivity contribution in [2.24, 2.45) is 4.99 Å². The normalized spacial score (nSPS) is 12.5. The van der Waals surface area contributed by atoms with Gasteiger partial charge in [-0.1, -0.05) is 36.4 Å². The average molecular weight is 433 g/mol. The summed E-state index contributed by atoms with van der Waals surface area (Å²) in [5.41, 5.74) is 0.0664. The Bertz CT molecular complexity index is 923. The van der Waals surface area contributed by atoms with Crippen LogP contribution in [0.2, 0.25) is 0 Å². The molecule has 164 valence electrons. The van der Waals surface area contributed by atoms with Crippen LogP contribution in [0.5, 0.6) is 5.75 Å². The zero-order chi connectivity index (χ0) is 22.0. The van der Waals surface area contributed by atoms with Crippen LogP contribution in [-0.2, 0) is 16.6 Å². The molecule has 0 radical (unpaired) electrons. The average Bonchev–Trinajstić information content (AvgIpc) is 2.68. The van der Waals surface area contributed by atoms with Crippen LogP contribution in [0.1, 0.15) is 33.3 Å². The third-order valence-electron chi connectivity index (χ3n) is 3.86. The largest absolute Gasteiger partial charge is 0.492 e. The van der Waals surface area contributed by atoms with Crippen LogP contribution in [0.25, 0.3) is 0 Å². The van der Waals surface area contributed by atoms with Gasteiger partial charge in [0, 0.05) is 12.1 Å². The van der Waals surface area contributed by atoms with Crippen LogP contribution in [0.4, 0.5) is 0 Å². The second-order valence-corrected chi connectivity index (χ2v) is 9.40. The predicted octanol–water partition coefficient (Wildman–Crippen LogP) is 2.90. The zero-order valence-corrected chi connectivity index (χ0v) is 18.9. The van der Waals surface area contributed by atoms with E-state index in [4.69, 9.17) is 4.74 Å². The quantitative estimate of drug-likeness (QED) is 0.322. The highest BCUT2D eigenvalue weighted by Crippen LogP contribution is 2.18. The Balaban J connectivity index is 2.03. The SMILES string of the molecule is CCNC(=NCc1ccccc1S(=O)(=O)NC(C)(C)C)NCCOc1ccccc1. The molecule has 0 saturated heterocycles. The molecule has 0 heterocycles. The Labute approximate surface area is 180 Å². The van der Waals surface area contributed by atoms with Crippen molar-refractivity contribution in [3.8, 4) is 5.75 Å². The Morgan fingerprint density at radius 2 is 1.67 bits per heavy atom. The molecule has 2 aromatic rings. The summed E-state index contributed by atoms with van der Waals surface area (Å²) in [6.07, 6.45) is 0. The van der Waals surface area contributed by atoms with E-state index in [0.717, 1.165) is 5.75 Å². The van der Waals surface area contributed by atoms with E-state index in [9.17, 15) is 8.42 Å². The Morgan fingerprint density at radius 1 is 1.00 bits per heavy atom. The van der Waals surface area contributed by atoms with Crippen LogP contribution in [0.15, 0.2) is 64.5 Å². The lowest BCUT2D eigenvalue weighted by Crippen LogP contribution is -2.41. The maximum absolute atomic E-state index is 12.8. The smallest absolute Gasteiger partial charge is 0.241 e. The molecule has 0 amide bonds. The monoisotopic (exact) mass is 432 g/mol. The lowest BCUT2D eigenvalue weighted by atomic mass is 10.1. The van der Waals surface area contributed by atoms with Crippen molar-refractivity contribution in [3.05, 3.63) is 60.2 Å². The number of nitrogens with zero attached hydrogens (tertiary/aromatic N) is 1. The van der Waals surface area contributed by atoms with E-state index in [2.05, 4.69) is 20.3 Å². The van der Waals surface area contributed by atoms with Gasteiger partial charge >= 0.3 is 0 Å². The number of hydrogen-bond donors (Lipinski definition) is 3. The molecular weight excluding hydrogens is 400 g/mol. The summed E-state index contributed by atoms with van der Waals surface area (Å²) >= 11 is 0. The van der Waals surface area contributed by atoms with Gasteiger partial charge in [-0.25, -0.2) is 18.1 Å². The lowest BCUT2D eigenvalue weighted by molar-refractivity contribution is 0.322. The standard InChI is InChI=1S/C22H32N4O3S/c1-5-23-21(24-15-16-29-19-12-7-6-8-13-19)25-17-18-11-9-10-14-20(18)30(27,28)26-22(2,3)4/h6-14,26H,5,15-17H2,1-4H3,(H2,23,24,25). The summed E-state index contributed by atoms with van der Waals surface area (Å²) < 4.78 is 33.9. The van der Waals surface area contributed by atoms with Crippen molar-refractivity contribution in [3.63, 3.8) is 0 Å². The van der Waals surface area contributed by atoms with Crippen molar-refractivity contribution in [1.82, 2.24) is 15.4 Å². The summed E-state index contributed by atoms with van der Waals surface area (Å²) in [6.45, 7) is 9.39. The van der Waals surface area contributed by atoms with Crippen molar-refractivity contribution >= 4 is 16.0 Å². The van der Waals surface area contributed by atoms with Crippen LogP contribution >= 0.6 is 0 Å². The molecule has 0 unspecified atom stereocenters. The molecule has 0 saturated carbocycles. The van der Waals surface area contributed by atoms with E-state index in [0.29, 0.717) is 31.2 Å². The third-order valence-corrected chi connectivity index (χ3v) is 5.72. The fraction of sp³-hybridized carbons (Fsp3) is 0.409. The molecule has 0 fully saturated rings. The van der Waals surface area contributed by atoms with Crippen LogP contribution in [0, 0.1) is 0 Å². The van der Waals surface area contributed by atoms with E-state index in [-0.39, 0.29) is 11.4 Å². The molecule has 0 aliphatic heterocycles. The van der Waals surface area contributed by atoms with Gasteiger partial charge in [-0.05, 0) is 51.5 Å². The van der Waals surface area contributed by atoms with Crippen LogP contribution < -0.4 is 20.1 Å². The molecule has 2 aromatic carbocycles. The molecule has 7 nitrogen and oxygen atoms in total. The van der Waals surface area contributed by atoms with Crippen molar-refractivity contribution < 1.29 is 13.2 Å². The van der Waals surface area contributed by atoms with Crippen LogP contribution in [0.3, 0.4) is 0 Å². The number of ether oxygens (including phenoxy) is 1. The van der Waals surface area contributed by atoms with Gasteiger partial charge in [-0.3, -0.25) is 0 Å². The Kier molecular flexibility index (Phi) is 8.68. The summed E-state index contributed by atoms with van der Waals surface area (Å²) in [6, 6.07) is 16.5. The predicted molar refractivity (Wildman–Crippen MR) is 121 cm³/mol. The van der Waals surface area contributed by atoms with Gasteiger partial charge in [0.15, 0.2) is 5.96 Å². The number of rotatable bonds is 9. The highest BCUT2D eigenvalue weighted by atomic mass is 32.2. The molecule has 0 spiro atoms. The van der Waals surface area contributed by atoms with E-state index < -0.39 is 15.6 Å². The molecule has 0 aromatic heterocycles. The Morgan fingerprint density at radius 3 is 2.33 bits per heavy atom. The highest BCUT2D eigenvalue weighted by Gasteiger charge is 2.24. The second kappa shape index (κ2) is 11.0. The van der Waals surface area contributed by atoms with E-state index in [1.54, 1.807) is 18.2 Å². The number of benzene rings is 2. The Hall–Kier alpha value is -2.58. The number of para-hydroxylation sites is 1. The van der Waals surface area contributed by atoms with Crippen molar-refractivity contribution in [1.29, 1.82) is 0 Å². The highest BCUT2D eigenvalue weighted by molar-refractivity contribution is 7.89. The van der Waals surface area contributed by atoms with Crippen molar-refractivity contribution in [2.75, 3.05) is 19.7 Å².